The van der Waals surface area contributed by atoms with Gasteiger partial charge in [0.1, 0.15) is 5.75 Å². The maximum absolute atomic E-state index is 5.44. The Morgan fingerprint density at radius 1 is 1.29 bits per heavy atom. The van der Waals surface area contributed by atoms with Gasteiger partial charge in [-0.25, -0.2) is 4.68 Å². The number of guanidine groups is 1. The maximum Gasteiger partial charge on any atom is 0.193 e. The molecule has 0 saturated carbocycles. The van der Waals surface area contributed by atoms with Gasteiger partial charge in [0.25, 0.3) is 0 Å². The molecule has 1 aromatic heterocycles. The molecule has 3 rings (SSSR count). The van der Waals surface area contributed by atoms with E-state index in [1.807, 2.05) is 48.3 Å². The van der Waals surface area contributed by atoms with Crippen LogP contribution in [0.25, 0.3) is 5.69 Å². The number of nitrogens with zero attached hydrogens (tertiary/aromatic N) is 4. The van der Waals surface area contributed by atoms with Gasteiger partial charge in [-0.3, -0.25) is 4.99 Å². The molecule has 2 aromatic rings. The Kier molecular flexibility index (Phi) is 7.31. The predicted molar refractivity (Wildman–Crippen MR) is 111 cm³/mol. The highest BCUT2D eigenvalue weighted by atomic mass is 16.5. The van der Waals surface area contributed by atoms with Crippen LogP contribution in [0.2, 0.25) is 0 Å². The van der Waals surface area contributed by atoms with Crippen molar-refractivity contribution >= 4 is 5.96 Å². The standard InChI is InChI=1S/C21H31N5O2/c1-22-21(25(2)12-8-17-10-14-28-15-11-17)23-16-18-9-13-26(24-18)19-4-6-20(27-3)7-5-19/h4-7,9,13,17H,8,10-12,14-16H2,1-3H3,(H,22,23). The fraction of sp³-hybridized carbons (Fsp3) is 0.524. The zero-order valence-electron chi connectivity index (χ0n) is 17.1. The molecule has 1 aromatic carbocycles. The van der Waals surface area contributed by atoms with Crippen LogP contribution in [0.3, 0.4) is 0 Å². The van der Waals surface area contributed by atoms with Crippen molar-refractivity contribution in [2.45, 2.75) is 25.8 Å². The molecule has 1 N–H and O–H groups in total. The minimum Gasteiger partial charge on any atom is -0.497 e. The highest BCUT2D eigenvalue weighted by Crippen LogP contribution is 2.18. The maximum atomic E-state index is 5.44. The van der Waals surface area contributed by atoms with E-state index >= 15 is 0 Å². The second kappa shape index (κ2) is 10.1. The van der Waals surface area contributed by atoms with Crippen LogP contribution in [0.15, 0.2) is 41.5 Å². The highest BCUT2D eigenvalue weighted by molar-refractivity contribution is 5.79. The number of hydrogen-bond donors (Lipinski definition) is 1. The third kappa shape index (κ3) is 5.48. The van der Waals surface area contributed by atoms with Crippen LogP contribution < -0.4 is 10.1 Å². The van der Waals surface area contributed by atoms with Crippen molar-refractivity contribution in [3.8, 4) is 11.4 Å². The van der Waals surface area contributed by atoms with Gasteiger partial charge >= 0.3 is 0 Å². The molecular formula is C21H31N5O2. The molecule has 1 fully saturated rings. The van der Waals surface area contributed by atoms with E-state index in [2.05, 4.69) is 27.4 Å². The van der Waals surface area contributed by atoms with Gasteiger partial charge in [0.15, 0.2) is 5.96 Å². The smallest absolute Gasteiger partial charge is 0.193 e. The number of hydrogen-bond acceptors (Lipinski definition) is 4. The van der Waals surface area contributed by atoms with E-state index in [0.29, 0.717) is 6.54 Å². The SMILES string of the molecule is CN=C(NCc1ccn(-c2ccc(OC)cc2)n1)N(C)CCC1CCOCC1. The van der Waals surface area contributed by atoms with Crippen LogP contribution in [0, 0.1) is 5.92 Å². The minimum atomic E-state index is 0.636. The quantitative estimate of drug-likeness (QED) is 0.586. The molecule has 152 valence electrons. The average molecular weight is 386 g/mol. The zero-order valence-corrected chi connectivity index (χ0v) is 17.1. The third-order valence-corrected chi connectivity index (χ3v) is 5.20. The Balaban J connectivity index is 1.49. The summed E-state index contributed by atoms with van der Waals surface area (Å²) >= 11 is 0. The molecule has 2 heterocycles. The molecule has 0 aliphatic carbocycles. The summed E-state index contributed by atoms with van der Waals surface area (Å²) in [5, 5.41) is 8.06. The number of aromatic nitrogens is 2. The van der Waals surface area contributed by atoms with Crippen LogP contribution in [0.4, 0.5) is 0 Å². The van der Waals surface area contributed by atoms with E-state index in [4.69, 9.17) is 9.47 Å². The lowest BCUT2D eigenvalue weighted by Crippen LogP contribution is -2.39. The number of methoxy groups -OCH3 is 1. The van der Waals surface area contributed by atoms with Crippen LogP contribution in [-0.4, -0.2) is 61.6 Å². The second-order valence-corrected chi connectivity index (χ2v) is 7.12. The lowest BCUT2D eigenvalue weighted by atomic mass is 9.96. The van der Waals surface area contributed by atoms with Gasteiger partial charge in [-0.1, -0.05) is 0 Å². The van der Waals surface area contributed by atoms with Gasteiger partial charge in [0.2, 0.25) is 0 Å². The predicted octanol–water partition coefficient (Wildman–Crippen LogP) is 2.70. The van der Waals surface area contributed by atoms with E-state index in [1.165, 1.54) is 19.3 Å². The van der Waals surface area contributed by atoms with Crippen molar-refractivity contribution in [1.82, 2.24) is 20.0 Å². The van der Waals surface area contributed by atoms with Gasteiger partial charge in [-0.2, -0.15) is 5.10 Å². The second-order valence-electron chi connectivity index (χ2n) is 7.12. The van der Waals surface area contributed by atoms with E-state index in [1.54, 1.807) is 7.11 Å². The first-order valence-corrected chi connectivity index (χ1v) is 9.88. The van der Waals surface area contributed by atoms with Gasteiger partial charge in [0.05, 0.1) is 25.0 Å². The molecule has 0 amide bonds. The van der Waals surface area contributed by atoms with Gasteiger partial charge in [-0.05, 0) is 55.5 Å². The Labute approximate surface area is 167 Å². The molecule has 0 spiro atoms. The molecule has 0 radical (unpaired) electrons. The summed E-state index contributed by atoms with van der Waals surface area (Å²) in [7, 11) is 5.58. The van der Waals surface area contributed by atoms with Crippen molar-refractivity contribution in [3.63, 3.8) is 0 Å². The van der Waals surface area contributed by atoms with Crippen LogP contribution >= 0.6 is 0 Å². The van der Waals surface area contributed by atoms with E-state index in [-0.39, 0.29) is 0 Å². The Morgan fingerprint density at radius 2 is 2.04 bits per heavy atom. The Hall–Kier alpha value is -2.54. The van der Waals surface area contributed by atoms with Crippen LogP contribution in [0.5, 0.6) is 5.75 Å². The van der Waals surface area contributed by atoms with Crippen molar-refractivity contribution in [2.75, 3.05) is 41.0 Å². The number of benzene rings is 1. The molecule has 28 heavy (non-hydrogen) atoms. The molecule has 0 bridgehead atoms. The van der Waals surface area contributed by atoms with Crippen molar-refractivity contribution in [1.29, 1.82) is 0 Å². The van der Waals surface area contributed by atoms with Crippen molar-refractivity contribution < 1.29 is 9.47 Å². The van der Waals surface area contributed by atoms with Crippen LogP contribution in [-0.2, 0) is 11.3 Å². The van der Waals surface area contributed by atoms with Crippen molar-refractivity contribution in [3.05, 3.63) is 42.2 Å². The first kappa shape index (κ1) is 20.2. The topological polar surface area (TPSA) is 63.9 Å². The molecule has 0 unspecified atom stereocenters. The van der Waals surface area contributed by atoms with E-state index in [9.17, 15) is 0 Å². The molecule has 1 saturated heterocycles. The van der Waals surface area contributed by atoms with Crippen LogP contribution in [0.1, 0.15) is 25.0 Å². The molecule has 1 aliphatic heterocycles. The number of rotatable bonds is 7. The summed E-state index contributed by atoms with van der Waals surface area (Å²) in [5.41, 5.74) is 1.97. The molecule has 1 aliphatic rings. The lowest BCUT2D eigenvalue weighted by Gasteiger charge is -2.26. The summed E-state index contributed by atoms with van der Waals surface area (Å²) in [6.07, 6.45) is 5.48. The Morgan fingerprint density at radius 3 is 2.71 bits per heavy atom. The zero-order chi connectivity index (χ0) is 19.8. The summed E-state index contributed by atoms with van der Waals surface area (Å²) in [6.45, 7) is 3.43. The van der Waals surface area contributed by atoms with Gasteiger partial charge in [0, 0.05) is 40.1 Å². The van der Waals surface area contributed by atoms with Crippen molar-refractivity contribution in [2.24, 2.45) is 10.9 Å². The summed E-state index contributed by atoms with van der Waals surface area (Å²) < 4.78 is 12.5. The largest absolute Gasteiger partial charge is 0.497 e. The third-order valence-electron chi connectivity index (χ3n) is 5.20. The van der Waals surface area contributed by atoms with E-state index < -0.39 is 0 Å². The highest BCUT2D eigenvalue weighted by Gasteiger charge is 2.15. The Bertz CT molecular complexity index is 750. The lowest BCUT2D eigenvalue weighted by molar-refractivity contribution is 0.0625. The summed E-state index contributed by atoms with van der Waals surface area (Å²) in [4.78, 5) is 6.60. The molecule has 7 heteroatoms. The van der Waals surface area contributed by atoms with E-state index in [0.717, 1.165) is 48.8 Å². The molecular weight excluding hydrogens is 354 g/mol. The minimum absolute atomic E-state index is 0.636. The first-order valence-electron chi connectivity index (χ1n) is 9.88. The monoisotopic (exact) mass is 385 g/mol. The fourth-order valence-electron chi connectivity index (χ4n) is 3.41. The number of ether oxygens (including phenoxy) is 2. The molecule has 0 atom stereocenters. The molecule has 7 nitrogen and oxygen atoms in total. The van der Waals surface area contributed by atoms with Gasteiger partial charge in [-0.15, -0.1) is 0 Å². The normalized spacial score (nSPS) is 15.5. The average Bonchev–Trinajstić information content (AvgIpc) is 3.22. The fourth-order valence-corrected chi connectivity index (χ4v) is 3.41. The van der Waals surface area contributed by atoms with Gasteiger partial charge < -0.3 is 19.7 Å². The summed E-state index contributed by atoms with van der Waals surface area (Å²) in [6, 6.07) is 9.87. The summed E-state index contributed by atoms with van der Waals surface area (Å²) in [5.74, 6) is 2.49. The first-order chi connectivity index (χ1) is 13.7. The number of aliphatic imine (C=N–C) groups is 1. The number of nitrogens with one attached hydrogen (secondary N) is 1.